The van der Waals surface area contributed by atoms with Crippen molar-refractivity contribution in [2.24, 2.45) is 0 Å². The minimum Gasteiger partial charge on any atom is -0.462 e. The Balaban J connectivity index is 4.29. The zero-order chi connectivity index (χ0) is 43.7. The van der Waals surface area contributed by atoms with E-state index in [0.717, 1.165) is 70.6 Å². The molecule has 0 fully saturated rings. The number of hydrogen-bond acceptors (Lipinski definition) is 6. The Morgan fingerprint density at radius 3 is 0.967 bits per heavy atom. The first kappa shape index (κ1) is 57.6. The molecule has 350 valence electrons. The van der Waals surface area contributed by atoms with Gasteiger partial charge in [0.25, 0.3) is 0 Å². The molecule has 0 N–H and O–H groups in total. The van der Waals surface area contributed by atoms with E-state index in [1.807, 2.05) is 0 Å². The molecule has 0 rings (SSSR count). The molecule has 1 unspecified atom stereocenters. The zero-order valence-corrected chi connectivity index (χ0v) is 40.0. The topological polar surface area (TPSA) is 78.9 Å². The third-order valence-electron chi connectivity index (χ3n) is 11.4. The second-order valence-corrected chi connectivity index (χ2v) is 17.4. The average molecular weight is 843 g/mol. The molecule has 0 aliphatic carbocycles. The predicted octanol–water partition coefficient (Wildman–Crippen LogP) is 16.9. The van der Waals surface area contributed by atoms with E-state index in [4.69, 9.17) is 14.2 Å². The molecule has 0 aliphatic heterocycles. The summed E-state index contributed by atoms with van der Waals surface area (Å²) < 4.78 is 16.8. The Bertz CT molecular complexity index is 1020. The molecule has 0 aromatic rings. The van der Waals surface area contributed by atoms with Crippen molar-refractivity contribution < 1.29 is 28.6 Å². The molecule has 0 aromatic carbocycles. The molecule has 0 radical (unpaired) electrons. The highest BCUT2D eigenvalue weighted by atomic mass is 16.6. The lowest BCUT2D eigenvalue weighted by Crippen LogP contribution is -2.30. The van der Waals surface area contributed by atoms with E-state index >= 15 is 0 Å². The van der Waals surface area contributed by atoms with Crippen LogP contribution in [0, 0.1) is 0 Å². The molecule has 0 spiro atoms. The number of rotatable bonds is 47. The largest absolute Gasteiger partial charge is 0.462 e. The molecule has 0 saturated heterocycles. The smallest absolute Gasteiger partial charge is 0.306 e. The molecule has 60 heavy (non-hydrogen) atoms. The second-order valence-electron chi connectivity index (χ2n) is 17.4. The number of unbranched alkanes of at least 4 members (excludes halogenated alkanes) is 30. The summed E-state index contributed by atoms with van der Waals surface area (Å²) in [5, 5.41) is 0. The maximum atomic E-state index is 12.8. The van der Waals surface area contributed by atoms with Crippen LogP contribution in [0.15, 0.2) is 36.5 Å². The number of hydrogen-bond donors (Lipinski definition) is 0. The van der Waals surface area contributed by atoms with Gasteiger partial charge in [0.2, 0.25) is 0 Å². The highest BCUT2D eigenvalue weighted by molar-refractivity contribution is 5.71. The molecular formula is C54H98O6. The summed E-state index contributed by atoms with van der Waals surface area (Å²) >= 11 is 0. The van der Waals surface area contributed by atoms with Gasteiger partial charge in [-0.15, -0.1) is 0 Å². The summed E-state index contributed by atoms with van der Waals surface area (Å²) in [4.78, 5) is 37.8. The first-order valence-corrected chi connectivity index (χ1v) is 26.0. The number of carbonyl (C=O) groups is 3. The van der Waals surface area contributed by atoms with Crippen molar-refractivity contribution in [3.05, 3.63) is 36.5 Å². The number of carbonyl (C=O) groups excluding carboxylic acids is 3. The summed E-state index contributed by atoms with van der Waals surface area (Å²) in [5.41, 5.74) is 0. The van der Waals surface area contributed by atoms with Crippen LogP contribution < -0.4 is 0 Å². The van der Waals surface area contributed by atoms with Crippen LogP contribution in [-0.2, 0) is 28.6 Å². The number of esters is 3. The fourth-order valence-corrected chi connectivity index (χ4v) is 7.41. The molecule has 0 aliphatic rings. The van der Waals surface area contributed by atoms with Crippen molar-refractivity contribution in [2.45, 2.75) is 277 Å². The highest BCUT2D eigenvalue weighted by Gasteiger charge is 2.19. The molecule has 6 nitrogen and oxygen atoms in total. The van der Waals surface area contributed by atoms with E-state index in [2.05, 4.69) is 57.2 Å². The standard InChI is InChI=1S/C54H98O6/c1-4-7-10-13-16-19-21-23-25-27-29-31-33-35-38-41-44-47-53(56)59-50-51(49-58-52(55)46-43-40-37-18-15-12-9-6-3)60-54(57)48-45-42-39-36-34-32-30-28-26-24-22-20-17-14-11-8-5-2/h16,19,23-26,51H,4-15,17-18,20-22,27-50H2,1-3H3/b19-16-,25-23-,26-24-. The first-order valence-electron chi connectivity index (χ1n) is 26.0. The molecule has 1 atom stereocenters. The normalized spacial score (nSPS) is 12.2. The van der Waals surface area contributed by atoms with Crippen LogP contribution in [0.4, 0.5) is 0 Å². The highest BCUT2D eigenvalue weighted by Crippen LogP contribution is 2.15. The minimum absolute atomic E-state index is 0.0743. The van der Waals surface area contributed by atoms with Crippen LogP contribution in [0.3, 0.4) is 0 Å². The fourth-order valence-electron chi connectivity index (χ4n) is 7.41. The quantitative estimate of drug-likeness (QED) is 0.0263. The van der Waals surface area contributed by atoms with Gasteiger partial charge in [0.1, 0.15) is 13.2 Å². The van der Waals surface area contributed by atoms with Gasteiger partial charge in [0, 0.05) is 19.3 Å². The molecule has 0 amide bonds. The van der Waals surface area contributed by atoms with Gasteiger partial charge < -0.3 is 14.2 Å². The van der Waals surface area contributed by atoms with E-state index in [9.17, 15) is 14.4 Å². The van der Waals surface area contributed by atoms with E-state index in [1.165, 1.54) is 161 Å². The monoisotopic (exact) mass is 843 g/mol. The van der Waals surface area contributed by atoms with Gasteiger partial charge in [0.05, 0.1) is 0 Å². The lowest BCUT2D eigenvalue weighted by Gasteiger charge is -2.18. The van der Waals surface area contributed by atoms with Crippen LogP contribution >= 0.6 is 0 Å². The molecule has 6 heteroatoms. The maximum absolute atomic E-state index is 12.8. The number of ether oxygens (including phenoxy) is 3. The van der Waals surface area contributed by atoms with Crippen molar-refractivity contribution in [3.8, 4) is 0 Å². The Hall–Kier alpha value is -2.37. The number of allylic oxidation sites excluding steroid dienone is 6. The summed E-state index contributed by atoms with van der Waals surface area (Å²) in [7, 11) is 0. The van der Waals surface area contributed by atoms with Gasteiger partial charge in [-0.25, -0.2) is 0 Å². The van der Waals surface area contributed by atoms with E-state index in [1.54, 1.807) is 0 Å². The van der Waals surface area contributed by atoms with Crippen molar-refractivity contribution >= 4 is 17.9 Å². The molecule has 0 heterocycles. The van der Waals surface area contributed by atoms with E-state index < -0.39 is 6.10 Å². The van der Waals surface area contributed by atoms with E-state index in [-0.39, 0.29) is 31.1 Å². The molecule has 0 bridgehead atoms. The van der Waals surface area contributed by atoms with Gasteiger partial charge in [-0.1, -0.05) is 211 Å². The summed E-state index contributed by atoms with van der Waals surface area (Å²) in [6, 6.07) is 0. The minimum atomic E-state index is -0.773. The molecular weight excluding hydrogens is 745 g/mol. The SMILES string of the molecule is CCCCC/C=C\C/C=C\CCCCCCCCCC(=O)OCC(COC(=O)CCCCCCCCCC)OC(=O)CCCCCCCCC/C=C\CCCCCCCC. The Labute approximate surface area is 372 Å². The van der Waals surface area contributed by atoms with Crippen LogP contribution in [0.5, 0.6) is 0 Å². The van der Waals surface area contributed by atoms with Gasteiger partial charge in [0.15, 0.2) is 6.10 Å². The predicted molar refractivity (Wildman–Crippen MR) is 256 cm³/mol. The summed E-state index contributed by atoms with van der Waals surface area (Å²) in [6.45, 7) is 6.59. The molecule has 0 saturated carbocycles. The Morgan fingerprint density at radius 1 is 0.333 bits per heavy atom. The lowest BCUT2D eigenvalue weighted by atomic mass is 10.1. The Morgan fingerprint density at radius 2 is 0.600 bits per heavy atom. The third-order valence-corrected chi connectivity index (χ3v) is 11.4. The second kappa shape index (κ2) is 49.3. The van der Waals surface area contributed by atoms with Crippen molar-refractivity contribution in [3.63, 3.8) is 0 Å². The van der Waals surface area contributed by atoms with Gasteiger partial charge in [-0.05, 0) is 77.0 Å². The third kappa shape index (κ3) is 46.7. The van der Waals surface area contributed by atoms with Crippen LogP contribution in [0.1, 0.15) is 271 Å². The fraction of sp³-hybridized carbons (Fsp3) is 0.833. The van der Waals surface area contributed by atoms with Gasteiger partial charge >= 0.3 is 17.9 Å². The lowest BCUT2D eigenvalue weighted by molar-refractivity contribution is -0.167. The van der Waals surface area contributed by atoms with Crippen molar-refractivity contribution in [1.29, 1.82) is 0 Å². The van der Waals surface area contributed by atoms with Crippen LogP contribution in [0.25, 0.3) is 0 Å². The summed E-state index contributed by atoms with van der Waals surface area (Å²) in [5.74, 6) is -0.882. The molecule has 0 aromatic heterocycles. The Kier molecular flexibility index (Phi) is 47.3. The van der Waals surface area contributed by atoms with Crippen LogP contribution in [-0.4, -0.2) is 37.2 Å². The first-order chi connectivity index (χ1) is 29.5. The zero-order valence-electron chi connectivity index (χ0n) is 40.0. The average Bonchev–Trinajstić information content (AvgIpc) is 3.24. The maximum Gasteiger partial charge on any atom is 0.306 e. The van der Waals surface area contributed by atoms with Gasteiger partial charge in [-0.3, -0.25) is 14.4 Å². The van der Waals surface area contributed by atoms with Crippen molar-refractivity contribution in [1.82, 2.24) is 0 Å². The van der Waals surface area contributed by atoms with E-state index in [0.29, 0.717) is 19.3 Å². The van der Waals surface area contributed by atoms with Crippen LogP contribution in [0.2, 0.25) is 0 Å². The van der Waals surface area contributed by atoms with Gasteiger partial charge in [-0.2, -0.15) is 0 Å². The summed E-state index contributed by atoms with van der Waals surface area (Å²) in [6.07, 6.45) is 57.0. The van der Waals surface area contributed by atoms with Crippen molar-refractivity contribution in [2.75, 3.05) is 13.2 Å².